The molecule has 0 bridgehead atoms. The Labute approximate surface area is 166 Å². The Hall–Kier alpha value is -3.54. The average molecular weight is 390 g/mol. The minimum atomic E-state index is -1.16. The summed E-state index contributed by atoms with van der Waals surface area (Å²) in [4.78, 5) is 29.9. The third-order valence-electron chi connectivity index (χ3n) is 5.69. The molecule has 3 aromatic rings. The van der Waals surface area contributed by atoms with E-state index in [2.05, 4.69) is 0 Å². The molecule has 2 aliphatic rings. The third kappa shape index (κ3) is 2.35. The smallest absolute Gasteiger partial charge is 0.256 e. The summed E-state index contributed by atoms with van der Waals surface area (Å²) in [5.74, 6) is -1.32. The van der Waals surface area contributed by atoms with E-state index in [0.29, 0.717) is 35.3 Å². The van der Waals surface area contributed by atoms with Crippen LogP contribution in [-0.4, -0.2) is 34.7 Å². The first-order valence-corrected chi connectivity index (χ1v) is 9.28. The first-order valence-electron chi connectivity index (χ1n) is 9.28. The van der Waals surface area contributed by atoms with Gasteiger partial charge in [-0.05, 0) is 42.5 Å². The van der Waals surface area contributed by atoms with Crippen LogP contribution in [0.1, 0.15) is 31.8 Å². The van der Waals surface area contributed by atoms with E-state index in [0.717, 1.165) is 0 Å². The van der Waals surface area contributed by atoms with Crippen LogP contribution in [0.5, 0.6) is 0 Å². The van der Waals surface area contributed by atoms with Crippen molar-refractivity contribution in [3.63, 3.8) is 0 Å². The van der Waals surface area contributed by atoms with Crippen LogP contribution in [0.4, 0.5) is 8.78 Å². The number of halogens is 2. The van der Waals surface area contributed by atoms with Crippen LogP contribution in [0.25, 0.3) is 0 Å². The summed E-state index contributed by atoms with van der Waals surface area (Å²) in [7, 11) is 0. The number of amides is 2. The van der Waals surface area contributed by atoms with Gasteiger partial charge in [-0.3, -0.25) is 9.59 Å². The molecule has 0 saturated carbocycles. The summed E-state index contributed by atoms with van der Waals surface area (Å²) in [5.41, 5.74) is 1.00. The average Bonchev–Trinajstić information content (AvgIpc) is 3.25. The molecule has 0 aliphatic carbocycles. The van der Waals surface area contributed by atoms with Crippen LogP contribution in [0.15, 0.2) is 72.8 Å². The van der Waals surface area contributed by atoms with Crippen molar-refractivity contribution >= 4 is 11.8 Å². The first-order chi connectivity index (χ1) is 14.0. The lowest BCUT2D eigenvalue weighted by atomic mass is 9.89. The topological polar surface area (TPSA) is 40.6 Å². The summed E-state index contributed by atoms with van der Waals surface area (Å²) >= 11 is 0. The summed E-state index contributed by atoms with van der Waals surface area (Å²) in [6, 6.07) is 18.4. The molecular weight excluding hydrogens is 374 g/mol. The standard InChI is InChI=1S/C23H16F2N2O2/c24-17-9-5-15(6-10-17)21(28)26-13-14-27-22(29)19-3-1-2-4-20(19)23(26,27)16-7-11-18(25)12-8-16/h1-12H,13-14H2. The number of fused-ring (bicyclic) bond motifs is 3. The Morgan fingerprint density at radius 2 is 1.45 bits per heavy atom. The van der Waals surface area contributed by atoms with Crippen LogP contribution >= 0.6 is 0 Å². The second-order valence-corrected chi connectivity index (χ2v) is 7.15. The molecule has 0 spiro atoms. The summed E-state index contributed by atoms with van der Waals surface area (Å²) in [5, 5.41) is 0. The highest BCUT2D eigenvalue weighted by molar-refractivity contribution is 6.03. The van der Waals surface area contributed by atoms with Crippen molar-refractivity contribution in [1.82, 2.24) is 9.80 Å². The maximum atomic E-state index is 13.6. The summed E-state index contributed by atoms with van der Waals surface area (Å²) in [6.45, 7) is 0.658. The number of rotatable bonds is 2. The minimum absolute atomic E-state index is 0.167. The maximum Gasteiger partial charge on any atom is 0.256 e. The van der Waals surface area contributed by atoms with E-state index in [1.165, 1.54) is 36.4 Å². The van der Waals surface area contributed by atoms with E-state index < -0.39 is 17.3 Å². The molecule has 1 atom stereocenters. The van der Waals surface area contributed by atoms with Gasteiger partial charge in [0.15, 0.2) is 5.66 Å². The molecule has 3 aromatic carbocycles. The Morgan fingerprint density at radius 3 is 2.14 bits per heavy atom. The van der Waals surface area contributed by atoms with Crippen molar-refractivity contribution < 1.29 is 18.4 Å². The second kappa shape index (κ2) is 6.24. The molecule has 2 heterocycles. The molecule has 1 fully saturated rings. The van der Waals surface area contributed by atoms with E-state index in [1.54, 1.807) is 34.1 Å². The van der Waals surface area contributed by atoms with Gasteiger partial charge in [0.25, 0.3) is 11.8 Å². The Morgan fingerprint density at radius 1 is 0.828 bits per heavy atom. The maximum absolute atomic E-state index is 13.6. The van der Waals surface area contributed by atoms with E-state index in [1.807, 2.05) is 12.1 Å². The molecule has 5 rings (SSSR count). The number of hydrogen-bond donors (Lipinski definition) is 0. The van der Waals surface area contributed by atoms with Crippen molar-refractivity contribution in [3.05, 3.63) is 107 Å². The van der Waals surface area contributed by atoms with Gasteiger partial charge in [0.1, 0.15) is 11.6 Å². The minimum Gasteiger partial charge on any atom is -0.306 e. The number of hydrogen-bond acceptors (Lipinski definition) is 2. The molecular formula is C23H16F2N2O2. The fourth-order valence-corrected chi connectivity index (χ4v) is 4.47. The van der Waals surface area contributed by atoms with Gasteiger partial charge in [-0.25, -0.2) is 8.78 Å². The van der Waals surface area contributed by atoms with E-state index in [9.17, 15) is 18.4 Å². The van der Waals surface area contributed by atoms with E-state index in [4.69, 9.17) is 0 Å². The second-order valence-electron chi connectivity index (χ2n) is 7.15. The zero-order valence-corrected chi connectivity index (χ0v) is 15.3. The molecule has 0 N–H and O–H groups in total. The molecule has 2 amide bonds. The van der Waals surface area contributed by atoms with Crippen molar-refractivity contribution in [2.45, 2.75) is 5.66 Å². The Bertz CT molecular complexity index is 1130. The highest BCUT2D eigenvalue weighted by atomic mass is 19.1. The van der Waals surface area contributed by atoms with Crippen molar-refractivity contribution in [1.29, 1.82) is 0 Å². The molecule has 144 valence electrons. The predicted octanol–water partition coefficient (Wildman–Crippen LogP) is 3.78. The summed E-state index contributed by atoms with van der Waals surface area (Å²) < 4.78 is 27.0. The normalized spacial score (nSPS) is 20.0. The van der Waals surface area contributed by atoms with E-state index in [-0.39, 0.29) is 11.8 Å². The molecule has 4 nitrogen and oxygen atoms in total. The van der Waals surface area contributed by atoms with Crippen LogP contribution in [-0.2, 0) is 5.66 Å². The van der Waals surface area contributed by atoms with Gasteiger partial charge in [0.05, 0.1) is 0 Å². The largest absolute Gasteiger partial charge is 0.306 e. The quantitative estimate of drug-likeness (QED) is 0.668. The molecule has 0 radical (unpaired) electrons. The van der Waals surface area contributed by atoms with Crippen LogP contribution in [0.2, 0.25) is 0 Å². The Balaban J connectivity index is 1.74. The highest BCUT2D eigenvalue weighted by Crippen LogP contribution is 2.50. The number of carbonyl (C=O) groups is 2. The van der Waals surface area contributed by atoms with Gasteiger partial charge >= 0.3 is 0 Å². The monoisotopic (exact) mass is 390 g/mol. The Kier molecular flexibility index (Phi) is 3.77. The van der Waals surface area contributed by atoms with Gasteiger partial charge in [-0.1, -0.05) is 30.3 Å². The van der Waals surface area contributed by atoms with Crippen LogP contribution in [0, 0.1) is 11.6 Å². The molecule has 0 aromatic heterocycles. The van der Waals surface area contributed by atoms with Gasteiger partial charge in [-0.15, -0.1) is 0 Å². The van der Waals surface area contributed by atoms with Crippen LogP contribution in [0.3, 0.4) is 0 Å². The van der Waals surface area contributed by atoms with E-state index >= 15 is 0 Å². The third-order valence-corrected chi connectivity index (χ3v) is 5.69. The molecule has 2 aliphatic heterocycles. The molecule has 6 heteroatoms. The molecule has 29 heavy (non-hydrogen) atoms. The van der Waals surface area contributed by atoms with Gasteiger partial charge < -0.3 is 9.80 Å². The number of nitrogens with zero attached hydrogens (tertiary/aromatic N) is 2. The lowest BCUT2D eigenvalue weighted by molar-refractivity contribution is 0.0375. The van der Waals surface area contributed by atoms with Gasteiger partial charge in [-0.2, -0.15) is 0 Å². The van der Waals surface area contributed by atoms with Crippen molar-refractivity contribution in [3.8, 4) is 0 Å². The summed E-state index contributed by atoms with van der Waals surface area (Å²) in [6.07, 6.45) is 0. The first kappa shape index (κ1) is 17.6. The zero-order chi connectivity index (χ0) is 20.2. The highest BCUT2D eigenvalue weighted by Gasteiger charge is 2.59. The van der Waals surface area contributed by atoms with Crippen LogP contribution < -0.4 is 0 Å². The van der Waals surface area contributed by atoms with Crippen molar-refractivity contribution in [2.24, 2.45) is 0 Å². The lowest BCUT2D eigenvalue weighted by Crippen LogP contribution is -2.51. The molecule has 1 saturated heterocycles. The number of benzene rings is 3. The van der Waals surface area contributed by atoms with Gasteiger partial charge in [0, 0.05) is 35.3 Å². The number of carbonyl (C=O) groups excluding carboxylic acids is 2. The predicted molar refractivity (Wildman–Crippen MR) is 102 cm³/mol. The zero-order valence-electron chi connectivity index (χ0n) is 15.3. The fourth-order valence-electron chi connectivity index (χ4n) is 4.47. The van der Waals surface area contributed by atoms with Gasteiger partial charge in [0.2, 0.25) is 0 Å². The lowest BCUT2D eigenvalue weighted by Gasteiger charge is -2.40. The SMILES string of the molecule is O=C(c1ccc(F)cc1)N1CCN2C(=O)c3ccccc3C12c1ccc(F)cc1. The fraction of sp³-hybridized carbons (Fsp3) is 0.130. The van der Waals surface area contributed by atoms with Crippen molar-refractivity contribution in [2.75, 3.05) is 13.1 Å². The molecule has 1 unspecified atom stereocenters.